The van der Waals surface area contributed by atoms with Crippen molar-refractivity contribution in [3.8, 4) is 0 Å². The molecule has 0 bridgehead atoms. The minimum atomic E-state index is -3.63. The number of para-hydroxylation sites is 1. The van der Waals surface area contributed by atoms with Crippen molar-refractivity contribution in [3.63, 3.8) is 0 Å². The molecule has 0 saturated heterocycles. The predicted molar refractivity (Wildman–Crippen MR) is 96.9 cm³/mol. The fourth-order valence-electron chi connectivity index (χ4n) is 3.21. The van der Waals surface area contributed by atoms with Gasteiger partial charge < -0.3 is 4.98 Å². The lowest BCUT2D eigenvalue weighted by Gasteiger charge is -2.29. The maximum Gasteiger partial charge on any atom is 0.265 e. The summed E-state index contributed by atoms with van der Waals surface area (Å²) >= 11 is 0. The minimum absolute atomic E-state index is 0.299. The zero-order valence-corrected chi connectivity index (χ0v) is 14.2. The van der Waals surface area contributed by atoms with E-state index in [-0.39, 0.29) is 0 Å². The molecule has 4 rings (SSSR count). The lowest BCUT2D eigenvalue weighted by Crippen LogP contribution is -2.36. The van der Waals surface area contributed by atoms with Gasteiger partial charge in [0.1, 0.15) is 5.82 Å². The highest BCUT2D eigenvalue weighted by Crippen LogP contribution is 2.37. The number of rotatable bonds is 2. The molecule has 2 heterocycles. The van der Waals surface area contributed by atoms with E-state index in [1.807, 2.05) is 43.3 Å². The summed E-state index contributed by atoms with van der Waals surface area (Å²) in [6.45, 7) is 6.29. The molecular weight excluding hydrogens is 320 g/mol. The first-order chi connectivity index (χ1) is 11.5. The van der Waals surface area contributed by atoms with Crippen molar-refractivity contribution in [1.29, 1.82) is 0 Å². The van der Waals surface area contributed by atoms with Crippen LogP contribution in [0.15, 0.2) is 65.6 Å². The number of H-pyrrole nitrogens is 1. The number of nitrogens with zero attached hydrogens (tertiary/aromatic N) is 1. The second-order valence-electron chi connectivity index (χ2n) is 6.25. The lowest BCUT2D eigenvalue weighted by atomic mass is 10.0. The molecule has 3 aromatic rings. The third-order valence-corrected chi connectivity index (χ3v) is 6.20. The third-order valence-electron chi connectivity index (χ3n) is 4.44. The van der Waals surface area contributed by atoms with Crippen LogP contribution in [0.25, 0.3) is 10.9 Å². The molecule has 2 aromatic carbocycles. The van der Waals surface area contributed by atoms with Gasteiger partial charge in [-0.25, -0.2) is 12.7 Å². The molecule has 1 aliphatic rings. The van der Waals surface area contributed by atoms with Crippen LogP contribution in [0.5, 0.6) is 0 Å². The fourth-order valence-corrected chi connectivity index (χ4v) is 4.69. The lowest BCUT2D eigenvalue weighted by molar-refractivity contribution is 0.590. The first-order valence-corrected chi connectivity index (χ1v) is 9.26. The van der Waals surface area contributed by atoms with E-state index < -0.39 is 10.0 Å². The zero-order valence-electron chi connectivity index (χ0n) is 13.4. The number of hydrogen-bond acceptors (Lipinski definition) is 2. The number of nitrogens with one attached hydrogen (secondary N) is 1. The molecule has 1 N–H and O–H groups in total. The largest absolute Gasteiger partial charge is 0.340 e. The molecule has 0 fully saturated rings. The van der Waals surface area contributed by atoms with Crippen molar-refractivity contribution in [2.45, 2.75) is 18.2 Å². The van der Waals surface area contributed by atoms with Crippen LogP contribution in [0.1, 0.15) is 11.1 Å². The first-order valence-electron chi connectivity index (χ1n) is 7.82. The zero-order chi connectivity index (χ0) is 16.9. The van der Waals surface area contributed by atoms with Gasteiger partial charge in [0.15, 0.2) is 0 Å². The van der Waals surface area contributed by atoms with Crippen LogP contribution in [-0.4, -0.2) is 19.9 Å². The standard InChI is InChI=1S/C19H18N2O2S/c1-13-7-9-15(10-8-13)24(22,23)21-12-14(2)11-17-16-5-3-4-6-18(16)20-19(17)21/h3-10,20H,2,11-12H2,1H3. The summed E-state index contributed by atoms with van der Waals surface area (Å²) < 4.78 is 27.7. The van der Waals surface area contributed by atoms with Gasteiger partial charge in [0, 0.05) is 16.5 Å². The van der Waals surface area contributed by atoms with Crippen molar-refractivity contribution < 1.29 is 8.42 Å². The number of sulfonamides is 1. The van der Waals surface area contributed by atoms with Gasteiger partial charge >= 0.3 is 0 Å². The van der Waals surface area contributed by atoms with Crippen molar-refractivity contribution in [3.05, 3.63) is 71.8 Å². The van der Waals surface area contributed by atoms with Crippen LogP contribution < -0.4 is 4.31 Å². The van der Waals surface area contributed by atoms with Crippen molar-refractivity contribution >= 4 is 26.7 Å². The molecule has 0 radical (unpaired) electrons. The van der Waals surface area contributed by atoms with Crippen LogP contribution >= 0.6 is 0 Å². The Morgan fingerprint density at radius 3 is 2.54 bits per heavy atom. The van der Waals surface area contributed by atoms with Gasteiger partial charge in [-0.15, -0.1) is 0 Å². The molecule has 0 amide bonds. The molecule has 0 saturated carbocycles. The third kappa shape index (κ3) is 2.24. The highest BCUT2D eigenvalue weighted by Gasteiger charge is 2.32. The van der Waals surface area contributed by atoms with E-state index in [1.165, 1.54) is 4.31 Å². The van der Waals surface area contributed by atoms with Crippen LogP contribution in [0.3, 0.4) is 0 Å². The number of aromatic amines is 1. The maximum absolute atomic E-state index is 13.1. The van der Waals surface area contributed by atoms with Gasteiger partial charge in [-0.2, -0.15) is 0 Å². The molecule has 0 spiro atoms. The summed E-state index contributed by atoms with van der Waals surface area (Å²) in [4.78, 5) is 3.58. The second kappa shape index (κ2) is 5.24. The molecule has 0 unspecified atom stereocenters. The minimum Gasteiger partial charge on any atom is -0.340 e. The van der Waals surface area contributed by atoms with Gasteiger partial charge in [0.05, 0.1) is 11.4 Å². The number of aromatic nitrogens is 1. The number of benzene rings is 2. The van der Waals surface area contributed by atoms with E-state index in [0.717, 1.165) is 27.6 Å². The smallest absolute Gasteiger partial charge is 0.265 e. The number of aryl methyl sites for hydroxylation is 1. The number of anilines is 1. The van der Waals surface area contributed by atoms with Crippen LogP contribution in [0.4, 0.5) is 5.82 Å². The molecule has 1 aromatic heterocycles. The maximum atomic E-state index is 13.1. The van der Waals surface area contributed by atoms with E-state index in [1.54, 1.807) is 12.1 Å². The van der Waals surface area contributed by atoms with E-state index in [2.05, 4.69) is 11.6 Å². The topological polar surface area (TPSA) is 53.2 Å². The molecule has 122 valence electrons. The molecular formula is C19H18N2O2S. The van der Waals surface area contributed by atoms with E-state index in [0.29, 0.717) is 23.7 Å². The van der Waals surface area contributed by atoms with Crippen LogP contribution in [-0.2, 0) is 16.4 Å². The van der Waals surface area contributed by atoms with Crippen molar-refractivity contribution in [2.75, 3.05) is 10.8 Å². The quantitative estimate of drug-likeness (QED) is 0.723. The average molecular weight is 338 g/mol. The molecule has 1 aliphatic heterocycles. The summed E-state index contributed by atoms with van der Waals surface area (Å²) in [6, 6.07) is 14.8. The Morgan fingerprint density at radius 1 is 1.08 bits per heavy atom. The second-order valence-corrected chi connectivity index (χ2v) is 8.11. The molecule has 24 heavy (non-hydrogen) atoms. The number of fused-ring (bicyclic) bond motifs is 3. The van der Waals surface area contributed by atoms with Gasteiger partial charge in [-0.05, 0) is 31.5 Å². The van der Waals surface area contributed by atoms with Gasteiger partial charge in [-0.1, -0.05) is 48.0 Å². The Bertz CT molecular complexity index is 1050. The predicted octanol–water partition coefficient (Wildman–Crippen LogP) is 3.78. The van der Waals surface area contributed by atoms with Gasteiger partial charge in [0.2, 0.25) is 0 Å². The van der Waals surface area contributed by atoms with E-state index in [9.17, 15) is 8.42 Å². The van der Waals surface area contributed by atoms with E-state index >= 15 is 0 Å². The SMILES string of the molecule is C=C1Cc2c([nH]c3ccccc23)N(S(=O)(=O)c2ccc(C)cc2)C1. The van der Waals surface area contributed by atoms with Crippen LogP contribution in [0.2, 0.25) is 0 Å². The summed E-state index contributed by atoms with van der Waals surface area (Å²) in [7, 11) is -3.63. The summed E-state index contributed by atoms with van der Waals surface area (Å²) in [5, 5.41) is 1.05. The van der Waals surface area contributed by atoms with Gasteiger partial charge in [-0.3, -0.25) is 0 Å². The summed E-state index contributed by atoms with van der Waals surface area (Å²) in [6.07, 6.45) is 0.694. The van der Waals surface area contributed by atoms with Crippen LogP contribution in [0, 0.1) is 6.92 Å². The number of hydrogen-bond donors (Lipinski definition) is 1. The molecule has 4 nitrogen and oxygen atoms in total. The molecule has 5 heteroatoms. The fraction of sp³-hybridized carbons (Fsp3) is 0.158. The van der Waals surface area contributed by atoms with Crippen molar-refractivity contribution in [1.82, 2.24) is 4.98 Å². The average Bonchev–Trinajstić information content (AvgIpc) is 2.93. The van der Waals surface area contributed by atoms with E-state index in [4.69, 9.17) is 0 Å². The highest BCUT2D eigenvalue weighted by atomic mass is 32.2. The molecule has 0 atom stereocenters. The normalized spacial score (nSPS) is 14.9. The Morgan fingerprint density at radius 2 is 1.79 bits per heavy atom. The van der Waals surface area contributed by atoms with Gasteiger partial charge in [0.25, 0.3) is 10.0 Å². The summed E-state index contributed by atoms with van der Waals surface area (Å²) in [5.41, 5.74) is 3.87. The first kappa shape index (κ1) is 15.0. The Labute approximate surface area is 141 Å². The summed E-state index contributed by atoms with van der Waals surface area (Å²) in [5.74, 6) is 0.657. The monoisotopic (exact) mass is 338 g/mol. The Hall–Kier alpha value is -2.53. The molecule has 0 aliphatic carbocycles. The van der Waals surface area contributed by atoms with Crippen molar-refractivity contribution in [2.24, 2.45) is 0 Å². The highest BCUT2D eigenvalue weighted by molar-refractivity contribution is 7.92. The Kier molecular flexibility index (Phi) is 3.28. The Balaban J connectivity index is 1.91.